The molecule has 0 aliphatic carbocycles. The molecule has 1 unspecified atom stereocenters. The van der Waals surface area contributed by atoms with Crippen LogP contribution in [0.1, 0.15) is 34.1 Å². The number of likely N-dealkylation sites (tertiary alicyclic amines) is 1. The minimum atomic E-state index is -0.561. The first-order valence-electron chi connectivity index (χ1n) is 6.79. The van der Waals surface area contributed by atoms with Crippen molar-refractivity contribution in [2.24, 2.45) is 0 Å². The molecule has 0 radical (unpaired) electrons. The van der Waals surface area contributed by atoms with Gasteiger partial charge in [-0.2, -0.15) is 0 Å². The molecule has 0 saturated carbocycles. The molecule has 1 atom stereocenters. The molecule has 19 heavy (non-hydrogen) atoms. The summed E-state index contributed by atoms with van der Waals surface area (Å²) in [7, 11) is 0. The highest BCUT2D eigenvalue weighted by Gasteiger charge is 2.39. The largest absolute Gasteiger partial charge is 0.342 e. The maximum atomic E-state index is 12.0. The van der Waals surface area contributed by atoms with Crippen molar-refractivity contribution in [3.8, 4) is 0 Å². The molecule has 6 heteroatoms. The zero-order valence-electron chi connectivity index (χ0n) is 12.1. The Bertz CT molecular complexity index is 364. The zero-order valence-corrected chi connectivity index (χ0v) is 12.1. The van der Waals surface area contributed by atoms with Crippen LogP contribution in [0.5, 0.6) is 0 Å². The molecular weight excluding hydrogens is 246 g/mol. The minimum absolute atomic E-state index is 0.0479. The van der Waals surface area contributed by atoms with Crippen LogP contribution in [-0.4, -0.2) is 59.2 Å². The van der Waals surface area contributed by atoms with E-state index < -0.39 is 6.04 Å². The highest BCUT2D eigenvalue weighted by atomic mass is 16.2. The third-order valence-corrected chi connectivity index (χ3v) is 3.32. The van der Waals surface area contributed by atoms with E-state index in [1.54, 1.807) is 18.7 Å². The molecule has 0 bridgehead atoms. The van der Waals surface area contributed by atoms with Gasteiger partial charge >= 0.3 is 0 Å². The second kappa shape index (κ2) is 6.65. The normalized spacial score (nSPS) is 19.4. The molecule has 0 spiro atoms. The average molecular weight is 269 g/mol. The van der Waals surface area contributed by atoms with Crippen LogP contribution in [0.2, 0.25) is 0 Å². The van der Waals surface area contributed by atoms with E-state index in [-0.39, 0.29) is 36.7 Å². The van der Waals surface area contributed by atoms with E-state index in [1.807, 2.05) is 13.8 Å². The molecule has 1 aliphatic heterocycles. The van der Waals surface area contributed by atoms with Crippen molar-refractivity contribution >= 4 is 17.7 Å². The number of rotatable bonds is 6. The summed E-state index contributed by atoms with van der Waals surface area (Å²) in [5.74, 6) is -0.451. The summed E-state index contributed by atoms with van der Waals surface area (Å²) < 4.78 is 0. The summed E-state index contributed by atoms with van der Waals surface area (Å²) in [6.07, 6.45) is 0.141. The van der Waals surface area contributed by atoms with Crippen molar-refractivity contribution in [2.45, 2.75) is 46.2 Å². The fourth-order valence-corrected chi connectivity index (χ4v) is 2.25. The first kappa shape index (κ1) is 15.6. The highest BCUT2D eigenvalue weighted by molar-refractivity contribution is 6.06. The van der Waals surface area contributed by atoms with E-state index in [2.05, 4.69) is 5.32 Å². The van der Waals surface area contributed by atoms with Crippen LogP contribution < -0.4 is 5.32 Å². The van der Waals surface area contributed by atoms with Crippen LogP contribution >= 0.6 is 0 Å². The predicted molar refractivity (Wildman–Crippen MR) is 71.3 cm³/mol. The Morgan fingerprint density at radius 3 is 2.37 bits per heavy atom. The number of hydrogen-bond acceptors (Lipinski definition) is 4. The lowest BCUT2D eigenvalue weighted by molar-refractivity contribution is -0.140. The van der Waals surface area contributed by atoms with E-state index in [4.69, 9.17) is 0 Å². The summed E-state index contributed by atoms with van der Waals surface area (Å²) in [6.45, 7) is 8.81. The van der Waals surface area contributed by atoms with Gasteiger partial charge in [-0.1, -0.05) is 0 Å². The predicted octanol–water partition coefficient (Wildman–Crippen LogP) is -0.0197. The number of nitrogens with one attached hydrogen (secondary N) is 1. The first-order chi connectivity index (χ1) is 8.92. The summed E-state index contributed by atoms with van der Waals surface area (Å²) >= 11 is 0. The first-order valence-corrected chi connectivity index (χ1v) is 6.79. The summed E-state index contributed by atoms with van der Waals surface area (Å²) in [4.78, 5) is 38.5. The lowest BCUT2D eigenvalue weighted by atomic mass is 10.2. The topological polar surface area (TPSA) is 69.7 Å². The maximum Gasteiger partial charge on any atom is 0.247 e. The van der Waals surface area contributed by atoms with E-state index >= 15 is 0 Å². The van der Waals surface area contributed by atoms with Crippen molar-refractivity contribution in [3.05, 3.63) is 0 Å². The summed E-state index contributed by atoms with van der Waals surface area (Å²) in [5, 5.41) is 2.89. The average Bonchev–Trinajstić information content (AvgIpc) is 2.63. The molecule has 6 nitrogen and oxygen atoms in total. The Kier molecular flexibility index (Phi) is 5.47. The van der Waals surface area contributed by atoms with E-state index in [0.717, 1.165) is 0 Å². The lowest BCUT2D eigenvalue weighted by Gasteiger charge is -2.21. The van der Waals surface area contributed by atoms with Gasteiger partial charge in [0.15, 0.2) is 0 Å². The van der Waals surface area contributed by atoms with E-state index in [1.165, 1.54) is 4.90 Å². The third-order valence-electron chi connectivity index (χ3n) is 3.32. The van der Waals surface area contributed by atoms with E-state index in [9.17, 15) is 14.4 Å². The van der Waals surface area contributed by atoms with Gasteiger partial charge in [0.05, 0.1) is 19.0 Å². The quantitative estimate of drug-likeness (QED) is 0.688. The fraction of sp³-hybridized carbons (Fsp3) is 0.769. The Morgan fingerprint density at radius 2 is 1.95 bits per heavy atom. The molecule has 1 heterocycles. The van der Waals surface area contributed by atoms with Gasteiger partial charge in [0.1, 0.15) is 0 Å². The van der Waals surface area contributed by atoms with Crippen molar-refractivity contribution < 1.29 is 14.4 Å². The van der Waals surface area contributed by atoms with E-state index in [0.29, 0.717) is 13.1 Å². The molecule has 1 N–H and O–H groups in total. The number of nitrogens with zero attached hydrogens (tertiary/aromatic N) is 2. The number of likely N-dealkylation sites (N-methyl/N-ethyl adjacent to an activating group) is 1. The third kappa shape index (κ3) is 3.53. The van der Waals surface area contributed by atoms with Gasteiger partial charge in [-0.3, -0.25) is 24.6 Å². The maximum absolute atomic E-state index is 12.0. The molecule has 1 aliphatic rings. The number of imide groups is 1. The van der Waals surface area contributed by atoms with Crippen LogP contribution in [0.3, 0.4) is 0 Å². The van der Waals surface area contributed by atoms with Crippen LogP contribution in [-0.2, 0) is 14.4 Å². The Labute approximate surface area is 114 Å². The van der Waals surface area contributed by atoms with Crippen LogP contribution in [0, 0.1) is 0 Å². The van der Waals surface area contributed by atoms with Crippen molar-refractivity contribution in [3.63, 3.8) is 0 Å². The monoisotopic (exact) mass is 269 g/mol. The van der Waals surface area contributed by atoms with Gasteiger partial charge in [-0.15, -0.1) is 0 Å². The summed E-state index contributed by atoms with van der Waals surface area (Å²) in [5.41, 5.74) is 0. The number of carbonyl (C=O) groups is 3. The van der Waals surface area contributed by atoms with Gasteiger partial charge in [-0.05, 0) is 27.7 Å². The van der Waals surface area contributed by atoms with Gasteiger partial charge in [0, 0.05) is 19.1 Å². The van der Waals surface area contributed by atoms with Gasteiger partial charge in [-0.25, -0.2) is 0 Å². The van der Waals surface area contributed by atoms with Gasteiger partial charge < -0.3 is 4.90 Å². The Hall–Kier alpha value is -1.43. The molecule has 0 aromatic rings. The number of hydrogen-bond donors (Lipinski definition) is 1. The van der Waals surface area contributed by atoms with Crippen molar-refractivity contribution in [1.82, 2.24) is 15.1 Å². The number of carbonyl (C=O) groups excluding carboxylic acids is 3. The second-order valence-electron chi connectivity index (χ2n) is 4.90. The zero-order chi connectivity index (χ0) is 14.6. The molecule has 3 amide bonds. The molecule has 108 valence electrons. The van der Waals surface area contributed by atoms with Crippen LogP contribution in [0.4, 0.5) is 0 Å². The molecule has 1 saturated heterocycles. The van der Waals surface area contributed by atoms with Crippen molar-refractivity contribution in [1.29, 1.82) is 0 Å². The Morgan fingerprint density at radius 1 is 1.37 bits per heavy atom. The molecule has 0 aromatic carbocycles. The lowest BCUT2D eigenvalue weighted by Crippen LogP contribution is -2.45. The molecule has 1 fully saturated rings. The van der Waals surface area contributed by atoms with Crippen LogP contribution in [0.25, 0.3) is 0 Å². The molecular formula is C13H23N3O3. The number of amides is 3. The smallest absolute Gasteiger partial charge is 0.247 e. The minimum Gasteiger partial charge on any atom is -0.342 e. The fourth-order valence-electron chi connectivity index (χ4n) is 2.25. The highest BCUT2D eigenvalue weighted by Crippen LogP contribution is 2.15. The van der Waals surface area contributed by atoms with Crippen molar-refractivity contribution in [2.75, 3.05) is 19.6 Å². The van der Waals surface area contributed by atoms with Gasteiger partial charge in [0.2, 0.25) is 17.7 Å². The molecule has 0 aromatic heterocycles. The Balaban J connectivity index is 2.54. The molecule has 1 rings (SSSR count). The summed E-state index contributed by atoms with van der Waals surface area (Å²) in [6, 6.07) is -0.695. The SMILES string of the molecule is CCN(CC)C(=O)CNC1CC(=O)N(C(C)C)C1=O. The van der Waals surface area contributed by atoms with Crippen LogP contribution in [0.15, 0.2) is 0 Å². The standard InChI is InChI=1S/C13H23N3O3/c1-5-15(6-2)12(18)8-14-10-7-11(17)16(9(3)4)13(10)19/h9-10,14H,5-8H2,1-4H3. The van der Waals surface area contributed by atoms with Gasteiger partial charge in [0.25, 0.3) is 0 Å². The second-order valence-corrected chi connectivity index (χ2v) is 4.90.